The van der Waals surface area contributed by atoms with Gasteiger partial charge in [0.25, 0.3) is 0 Å². The molecule has 1 heterocycles. The Morgan fingerprint density at radius 2 is 1.86 bits per heavy atom. The summed E-state index contributed by atoms with van der Waals surface area (Å²) in [5, 5.41) is 3.63. The summed E-state index contributed by atoms with van der Waals surface area (Å²) in [6.07, 6.45) is 2.79. The summed E-state index contributed by atoms with van der Waals surface area (Å²) in [4.78, 5) is 4.52. The van der Waals surface area contributed by atoms with Gasteiger partial charge in [-0.15, -0.1) is 0 Å². The topological polar surface area (TPSA) is 24.9 Å². The van der Waals surface area contributed by atoms with E-state index in [2.05, 4.69) is 89.5 Å². The maximum absolute atomic E-state index is 4.52. The monoisotopic (exact) mass is 346 g/mol. The molecule has 2 nitrogen and oxygen atoms in total. The number of likely N-dealkylation sites (N-methyl/N-ethyl adjacent to an activating group) is 1. The van der Waals surface area contributed by atoms with Crippen molar-refractivity contribution in [2.45, 2.75) is 38.6 Å². The van der Waals surface area contributed by atoms with Gasteiger partial charge in [-0.25, -0.2) is 0 Å². The van der Waals surface area contributed by atoms with Crippen molar-refractivity contribution in [2.75, 3.05) is 6.54 Å². The summed E-state index contributed by atoms with van der Waals surface area (Å²) in [5.41, 5.74) is 2.52. The van der Waals surface area contributed by atoms with Crippen LogP contribution < -0.4 is 5.32 Å². The summed E-state index contributed by atoms with van der Waals surface area (Å²) in [6.45, 7) is 7.71. The van der Waals surface area contributed by atoms with Gasteiger partial charge in [-0.1, -0.05) is 51.1 Å². The summed E-state index contributed by atoms with van der Waals surface area (Å²) in [6, 6.07) is 15.2. The third-order valence-electron chi connectivity index (χ3n) is 4.04. The zero-order valence-corrected chi connectivity index (χ0v) is 14.5. The van der Waals surface area contributed by atoms with Crippen LogP contribution in [0, 0.1) is 0 Å². The largest absolute Gasteiger partial charge is 0.313 e. The molecule has 0 saturated heterocycles. The van der Waals surface area contributed by atoms with E-state index in [4.69, 9.17) is 0 Å². The molecule has 0 fully saturated rings. The fourth-order valence-electron chi connectivity index (χ4n) is 2.63. The zero-order valence-electron chi connectivity index (χ0n) is 12.9. The highest BCUT2D eigenvalue weighted by Crippen LogP contribution is 2.29. The number of aromatic nitrogens is 1. The lowest BCUT2D eigenvalue weighted by Gasteiger charge is -2.35. The zero-order chi connectivity index (χ0) is 15.3. The second kappa shape index (κ2) is 7.19. The Hall–Kier alpha value is -1.19. The summed E-state index contributed by atoms with van der Waals surface area (Å²) >= 11 is 3.44. The Labute approximate surface area is 136 Å². The molecule has 0 bridgehead atoms. The molecule has 1 atom stereocenters. The van der Waals surface area contributed by atoms with Gasteiger partial charge in [0.15, 0.2) is 0 Å². The Bertz CT molecular complexity index is 549. The van der Waals surface area contributed by atoms with Crippen molar-refractivity contribution < 1.29 is 0 Å². The number of benzene rings is 1. The average Bonchev–Trinajstić information content (AvgIpc) is 2.50. The van der Waals surface area contributed by atoms with Crippen LogP contribution in [-0.4, -0.2) is 17.6 Å². The molecule has 0 saturated carbocycles. The molecule has 112 valence electrons. The van der Waals surface area contributed by atoms with E-state index in [-0.39, 0.29) is 5.41 Å². The average molecular weight is 347 g/mol. The molecule has 3 heteroatoms. The molecule has 1 aromatic heterocycles. The van der Waals surface area contributed by atoms with Crippen LogP contribution in [0.5, 0.6) is 0 Å². The van der Waals surface area contributed by atoms with Crippen LogP contribution in [0.2, 0.25) is 0 Å². The number of rotatable bonds is 6. The summed E-state index contributed by atoms with van der Waals surface area (Å²) in [5.74, 6) is 0. The van der Waals surface area contributed by atoms with Crippen molar-refractivity contribution in [3.63, 3.8) is 0 Å². The normalized spacial score (nSPS) is 13.1. The minimum absolute atomic E-state index is 0.0476. The standard InChI is InChI=1S/C18H23BrN2/c1-4-20-17(12-16-11-10-15(19)13-21-16)18(2,3)14-8-6-5-7-9-14/h5-11,13,17,20H,4,12H2,1-3H3. The van der Waals surface area contributed by atoms with Crippen LogP contribution >= 0.6 is 15.9 Å². The highest BCUT2D eigenvalue weighted by atomic mass is 79.9. The lowest BCUT2D eigenvalue weighted by atomic mass is 9.76. The van der Waals surface area contributed by atoms with Crippen molar-refractivity contribution in [1.82, 2.24) is 10.3 Å². The van der Waals surface area contributed by atoms with Gasteiger partial charge in [0.05, 0.1) is 0 Å². The second-order valence-corrected chi connectivity index (χ2v) is 6.79. The number of halogens is 1. The number of hydrogen-bond donors (Lipinski definition) is 1. The molecule has 0 aliphatic rings. The first-order valence-electron chi connectivity index (χ1n) is 7.43. The van der Waals surface area contributed by atoms with Crippen molar-refractivity contribution in [2.24, 2.45) is 0 Å². The highest BCUT2D eigenvalue weighted by molar-refractivity contribution is 9.10. The Balaban J connectivity index is 2.23. The number of hydrogen-bond acceptors (Lipinski definition) is 2. The van der Waals surface area contributed by atoms with Crippen LogP contribution in [-0.2, 0) is 11.8 Å². The molecule has 0 radical (unpaired) electrons. The van der Waals surface area contributed by atoms with E-state index in [1.165, 1.54) is 5.56 Å². The molecule has 1 N–H and O–H groups in total. The van der Waals surface area contributed by atoms with E-state index in [0.29, 0.717) is 6.04 Å². The molecular formula is C18H23BrN2. The fourth-order valence-corrected chi connectivity index (χ4v) is 2.87. The number of nitrogens with one attached hydrogen (secondary N) is 1. The molecule has 1 unspecified atom stereocenters. The SMILES string of the molecule is CCNC(Cc1ccc(Br)cn1)C(C)(C)c1ccccc1. The van der Waals surface area contributed by atoms with E-state index in [1.807, 2.05) is 6.20 Å². The predicted octanol–water partition coefficient (Wildman–Crippen LogP) is 4.34. The molecule has 0 spiro atoms. The maximum Gasteiger partial charge on any atom is 0.0420 e. The van der Waals surface area contributed by atoms with E-state index in [0.717, 1.165) is 23.1 Å². The minimum atomic E-state index is 0.0476. The molecular weight excluding hydrogens is 324 g/mol. The van der Waals surface area contributed by atoms with Gasteiger partial charge in [0, 0.05) is 34.2 Å². The molecule has 0 aliphatic carbocycles. The molecule has 0 amide bonds. The smallest absolute Gasteiger partial charge is 0.0420 e. The lowest BCUT2D eigenvalue weighted by Crippen LogP contribution is -2.46. The fraction of sp³-hybridized carbons (Fsp3) is 0.389. The molecule has 1 aromatic carbocycles. The second-order valence-electron chi connectivity index (χ2n) is 5.87. The highest BCUT2D eigenvalue weighted by Gasteiger charge is 2.30. The lowest BCUT2D eigenvalue weighted by molar-refractivity contribution is 0.340. The predicted molar refractivity (Wildman–Crippen MR) is 92.6 cm³/mol. The Morgan fingerprint density at radius 1 is 1.14 bits per heavy atom. The first-order valence-corrected chi connectivity index (χ1v) is 8.22. The van der Waals surface area contributed by atoms with E-state index in [9.17, 15) is 0 Å². The first-order chi connectivity index (χ1) is 10.0. The van der Waals surface area contributed by atoms with Crippen LogP contribution in [0.1, 0.15) is 32.0 Å². The quantitative estimate of drug-likeness (QED) is 0.841. The Morgan fingerprint density at radius 3 is 2.43 bits per heavy atom. The van der Waals surface area contributed by atoms with E-state index >= 15 is 0 Å². The van der Waals surface area contributed by atoms with Crippen LogP contribution in [0.4, 0.5) is 0 Å². The maximum atomic E-state index is 4.52. The number of nitrogens with zero attached hydrogens (tertiary/aromatic N) is 1. The van der Waals surface area contributed by atoms with Crippen molar-refractivity contribution in [3.05, 3.63) is 64.4 Å². The molecule has 0 aliphatic heterocycles. The van der Waals surface area contributed by atoms with Crippen molar-refractivity contribution >= 4 is 15.9 Å². The van der Waals surface area contributed by atoms with E-state index < -0.39 is 0 Å². The van der Waals surface area contributed by atoms with Gasteiger partial charge in [-0.05, 0) is 40.2 Å². The van der Waals surface area contributed by atoms with Crippen molar-refractivity contribution in [1.29, 1.82) is 0 Å². The van der Waals surface area contributed by atoms with Crippen molar-refractivity contribution in [3.8, 4) is 0 Å². The van der Waals surface area contributed by atoms with Crippen LogP contribution in [0.25, 0.3) is 0 Å². The van der Waals surface area contributed by atoms with Gasteiger partial charge in [-0.3, -0.25) is 4.98 Å². The Kier molecular flexibility index (Phi) is 5.54. The first kappa shape index (κ1) is 16.2. The van der Waals surface area contributed by atoms with Gasteiger partial charge >= 0.3 is 0 Å². The van der Waals surface area contributed by atoms with Gasteiger partial charge in [0.2, 0.25) is 0 Å². The molecule has 2 aromatic rings. The van der Waals surface area contributed by atoms with Crippen LogP contribution in [0.3, 0.4) is 0 Å². The van der Waals surface area contributed by atoms with Gasteiger partial charge in [0.1, 0.15) is 0 Å². The summed E-state index contributed by atoms with van der Waals surface area (Å²) < 4.78 is 1.02. The third-order valence-corrected chi connectivity index (χ3v) is 4.51. The molecule has 2 rings (SSSR count). The number of pyridine rings is 1. The van der Waals surface area contributed by atoms with Gasteiger partial charge < -0.3 is 5.32 Å². The summed E-state index contributed by atoms with van der Waals surface area (Å²) in [7, 11) is 0. The minimum Gasteiger partial charge on any atom is -0.313 e. The third kappa shape index (κ3) is 4.14. The van der Waals surface area contributed by atoms with E-state index in [1.54, 1.807) is 0 Å². The van der Waals surface area contributed by atoms with Gasteiger partial charge in [-0.2, -0.15) is 0 Å². The van der Waals surface area contributed by atoms with Crippen LogP contribution in [0.15, 0.2) is 53.1 Å². The molecule has 21 heavy (non-hydrogen) atoms.